The third kappa shape index (κ3) is 2.16. The molecule has 1 aliphatic carbocycles. The first-order valence-corrected chi connectivity index (χ1v) is 5.58. The van der Waals surface area contributed by atoms with E-state index in [-0.39, 0.29) is 5.97 Å². The third-order valence-electron chi connectivity index (χ3n) is 2.97. The zero-order chi connectivity index (χ0) is 11.5. The number of benzene rings is 1. The van der Waals surface area contributed by atoms with Crippen molar-refractivity contribution in [2.24, 2.45) is 5.92 Å². The van der Waals surface area contributed by atoms with Crippen molar-refractivity contribution in [1.29, 1.82) is 0 Å². The monoisotopic (exact) mass is 216 g/mol. The molecule has 0 unspecified atom stereocenters. The lowest BCUT2D eigenvalue weighted by molar-refractivity contribution is -0.135. The van der Waals surface area contributed by atoms with Gasteiger partial charge in [-0.15, -0.1) is 0 Å². The summed E-state index contributed by atoms with van der Waals surface area (Å²) in [5.74, 6) is 0.326. The van der Waals surface area contributed by atoms with Crippen LogP contribution in [0.1, 0.15) is 25.3 Å². The SMILES string of the molecule is COC(=O)/C(C)=C(\c1ccccc1)C1CC1. The normalized spacial score (nSPS) is 16.6. The van der Waals surface area contributed by atoms with Gasteiger partial charge < -0.3 is 4.74 Å². The van der Waals surface area contributed by atoms with Crippen LogP contribution in [0.2, 0.25) is 0 Å². The van der Waals surface area contributed by atoms with E-state index in [1.165, 1.54) is 20.0 Å². The van der Waals surface area contributed by atoms with Gasteiger partial charge in [-0.2, -0.15) is 0 Å². The molecule has 2 nitrogen and oxygen atoms in total. The Hall–Kier alpha value is -1.57. The first-order valence-electron chi connectivity index (χ1n) is 5.58. The van der Waals surface area contributed by atoms with Crippen LogP contribution in [-0.2, 0) is 9.53 Å². The van der Waals surface area contributed by atoms with Gasteiger partial charge in [0, 0.05) is 5.57 Å². The van der Waals surface area contributed by atoms with Crippen LogP contribution in [-0.4, -0.2) is 13.1 Å². The molecule has 0 atom stereocenters. The Morgan fingerprint density at radius 1 is 1.25 bits per heavy atom. The van der Waals surface area contributed by atoms with Crippen LogP contribution in [0.25, 0.3) is 5.57 Å². The summed E-state index contributed by atoms with van der Waals surface area (Å²) in [6, 6.07) is 10.1. The molecule has 0 aromatic heterocycles. The van der Waals surface area contributed by atoms with Gasteiger partial charge in [-0.3, -0.25) is 0 Å². The number of carbonyl (C=O) groups excluding carboxylic acids is 1. The van der Waals surface area contributed by atoms with E-state index in [0.29, 0.717) is 5.92 Å². The summed E-state index contributed by atoms with van der Waals surface area (Å²) in [5, 5.41) is 0. The minimum atomic E-state index is -0.217. The molecule has 1 aliphatic rings. The van der Waals surface area contributed by atoms with E-state index in [0.717, 1.165) is 16.7 Å². The zero-order valence-electron chi connectivity index (χ0n) is 9.69. The molecule has 0 aliphatic heterocycles. The maximum atomic E-state index is 11.6. The van der Waals surface area contributed by atoms with E-state index in [2.05, 4.69) is 12.1 Å². The highest BCUT2D eigenvalue weighted by atomic mass is 16.5. The minimum absolute atomic E-state index is 0.217. The van der Waals surface area contributed by atoms with Crippen molar-refractivity contribution in [2.75, 3.05) is 7.11 Å². The summed E-state index contributed by atoms with van der Waals surface area (Å²) >= 11 is 0. The molecule has 0 saturated heterocycles. The van der Waals surface area contributed by atoms with Gasteiger partial charge in [-0.25, -0.2) is 4.79 Å². The lowest BCUT2D eigenvalue weighted by atomic mass is 9.96. The molecule has 0 heterocycles. The van der Waals surface area contributed by atoms with Gasteiger partial charge in [0.05, 0.1) is 7.11 Å². The van der Waals surface area contributed by atoms with Crippen LogP contribution in [0, 0.1) is 5.92 Å². The molecule has 16 heavy (non-hydrogen) atoms. The van der Waals surface area contributed by atoms with Gasteiger partial charge in [0.2, 0.25) is 0 Å². The maximum absolute atomic E-state index is 11.6. The van der Waals surface area contributed by atoms with Gasteiger partial charge >= 0.3 is 5.97 Å². The van der Waals surface area contributed by atoms with E-state index in [1.54, 1.807) is 0 Å². The van der Waals surface area contributed by atoms with Gasteiger partial charge in [-0.1, -0.05) is 30.3 Å². The van der Waals surface area contributed by atoms with E-state index in [4.69, 9.17) is 4.74 Å². The molecule has 1 aromatic rings. The molecule has 1 saturated carbocycles. The molecule has 84 valence electrons. The summed E-state index contributed by atoms with van der Waals surface area (Å²) in [7, 11) is 1.43. The van der Waals surface area contributed by atoms with E-state index >= 15 is 0 Å². The van der Waals surface area contributed by atoms with Crippen molar-refractivity contribution in [3.05, 3.63) is 41.5 Å². The molecule has 0 radical (unpaired) electrons. The largest absolute Gasteiger partial charge is 0.466 e. The van der Waals surface area contributed by atoms with Gasteiger partial charge in [-0.05, 0) is 36.8 Å². The van der Waals surface area contributed by atoms with Crippen LogP contribution < -0.4 is 0 Å². The highest BCUT2D eigenvalue weighted by Crippen LogP contribution is 2.43. The van der Waals surface area contributed by atoms with E-state index in [1.807, 2.05) is 25.1 Å². The topological polar surface area (TPSA) is 26.3 Å². The van der Waals surface area contributed by atoms with E-state index < -0.39 is 0 Å². The Morgan fingerprint density at radius 3 is 2.38 bits per heavy atom. The fourth-order valence-electron chi connectivity index (χ4n) is 2.01. The van der Waals surface area contributed by atoms with Crippen molar-refractivity contribution >= 4 is 11.5 Å². The second kappa shape index (κ2) is 4.52. The minimum Gasteiger partial charge on any atom is -0.466 e. The predicted molar refractivity (Wildman–Crippen MR) is 63.8 cm³/mol. The van der Waals surface area contributed by atoms with Gasteiger partial charge in [0.15, 0.2) is 0 Å². The number of hydrogen-bond donors (Lipinski definition) is 0. The van der Waals surface area contributed by atoms with Gasteiger partial charge in [0.1, 0.15) is 0 Å². The molecular formula is C14H16O2. The number of rotatable bonds is 3. The highest BCUT2D eigenvalue weighted by Gasteiger charge is 2.30. The second-order valence-electron chi connectivity index (χ2n) is 4.17. The molecular weight excluding hydrogens is 200 g/mol. The predicted octanol–water partition coefficient (Wildman–Crippen LogP) is 3.04. The Labute approximate surface area is 95.9 Å². The Morgan fingerprint density at radius 2 is 1.88 bits per heavy atom. The lowest BCUT2D eigenvalue weighted by Gasteiger charge is -2.10. The second-order valence-corrected chi connectivity index (χ2v) is 4.17. The maximum Gasteiger partial charge on any atom is 0.333 e. The highest BCUT2D eigenvalue weighted by molar-refractivity contribution is 5.97. The van der Waals surface area contributed by atoms with E-state index in [9.17, 15) is 4.79 Å². The third-order valence-corrected chi connectivity index (χ3v) is 2.97. The molecule has 0 spiro atoms. The van der Waals surface area contributed by atoms with Crippen LogP contribution in [0.4, 0.5) is 0 Å². The number of hydrogen-bond acceptors (Lipinski definition) is 2. The van der Waals surface area contributed by atoms with Crippen molar-refractivity contribution in [2.45, 2.75) is 19.8 Å². The Bertz CT molecular complexity index is 414. The quantitative estimate of drug-likeness (QED) is 0.573. The number of allylic oxidation sites excluding steroid dienone is 1. The average Bonchev–Trinajstić information content (AvgIpc) is 3.14. The number of ether oxygens (including phenoxy) is 1. The average molecular weight is 216 g/mol. The summed E-state index contributed by atoms with van der Waals surface area (Å²) in [5.41, 5.74) is 3.05. The molecule has 0 N–H and O–H groups in total. The molecule has 0 bridgehead atoms. The first-order chi connectivity index (χ1) is 7.74. The van der Waals surface area contributed by atoms with Gasteiger partial charge in [0.25, 0.3) is 0 Å². The zero-order valence-corrected chi connectivity index (χ0v) is 9.69. The Kier molecular flexibility index (Phi) is 3.09. The van der Waals surface area contributed by atoms with Crippen molar-refractivity contribution in [3.63, 3.8) is 0 Å². The molecule has 0 amide bonds. The van der Waals surface area contributed by atoms with Crippen molar-refractivity contribution in [3.8, 4) is 0 Å². The van der Waals surface area contributed by atoms with Crippen molar-refractivity contribution in [1.82, 2.24) is 0 Å². The fourth-order valence-corrected chi connectivity index (χ4v) is 2.01. The molecule has 2 heteroatoms. The van der Waals surface area contributed by atoms with Crippen molar-refractivity contribution < 1.29 is 9.53 Å². The van der Waals surface area contributed by atoms with Crippen LogP contribution in [0.3, 0.4) is 0 Å². The first kappa shape index (κ1) is 10.9. The standard InChI is InChI=1S/C14H16O2/c1-10(14(15)16-2)13(12-8-9-12)11-6-4-3-5-7-11/h3-7,12H,8-9H2,1-2H3/b13-10+. The smallest absolute Gasteiger partial charge is 0.333 e. The molecule has 2 rings (SSSR count). The van der Waals surface area contributed by atoms with Crippen LogP contribution in [0.5, 0.6) is 0 Å². The summed E-state index contributed by atoms with van der Waals surface area (Å²) in [6.07, 6.45) is 2.36. The number of methoxy groups -OCH3 is 1. The fraction of sp³-hybridized carbons (Fsp3) is 0.357. The number of carbonyl (C=O) groups is 1. The summed E-state index contributed by atoms with van der Waals surface area (Å²) in [6.45, 7) is 1.85. The summed E-state index contributed by atoms with van der Waals surface area (Å²) in [4.78, 5) is 11.6. The molecule has 1 fully saturated rings. The van der Waals surface area contributed by atoms with Crippen LogP contribution >= 0.6 is 0 Å². The lowest BCUT2D eigenvalue weighted by Crippen LogP contribution is -2.05. The Balaban J connectivity index is 2.41. The number of esters is 1. The van der Waals surface area contributed by atoms with Crippen LogP contribution in [0.15, 0.2) is 35.9 Å². The summed E-state index contributed by atoms with van der Waals surface area (Å²) < 4.78 is 4.80. The molecule has 1 aromatic carbocycles.